The number of ether oxygens (including phenoxy) is 6. The van der Waals surface area contributed by atoms with Gasteiger partial charge < -0.3 is 43.3 Å². The molecule has 5 aliphatic heterocycles. The Kier molecular flexibility index (Phi) is 13.2. The van der Waals surface area contributed by atoms with Gasteiger partial charge in [0.25, 0.3) is 0 Å². The monoisotopic (exact) mass is 836 g/mol. The topological polar surface area (TPSA) is 176 Å². The number of cyclic esters (lactones) is 1. The van der Waals surface area contributed by atoms with Gasteiger partial charge in [0.05, 0.1) is 66.7 Å². The third kappa shape index (κ3) is 8.65. The van der Waals surface area contributed by atoms with Crippen LogP contribution in [0.15, 0.2) is 40.7 Å². The number of aliphatic hydroxyl groups is 1. The van der Waals surface area contributed by atoms with E-state index >= 15 is 0 Å². The summed E-state index contributed by atoms with van der Waals surface area (Å²) in [5, 5.41) is 16.3. The van der Waals surface area contributed by atoms with Crippen molar-refractivity contribution < 1.29 is 48.0 Å². The molecule has 330 valence electrons. The van der Waals surface area contributed by atoms with E-state index in [1.54, 1.807) is 24.2 Å². The Morgan fingerprint density at radius 3 is 2.52 bits per heavy atom. The van der Waals surface area contributed by atoms with E-state index < -0.39 is 71.8 Å². The number of aliphatic hydroxyl groups excluding tert-OH is 1. The van der Waals surface area contributed by atoms with Crippen LogP contribution >= 0.6 is 0 Å². The van der Waals surface area contributed by atoms with E-state index in [0.717, 1.165) is 22.3 Å². The first-order valence-corrected chi connectivity index (χ1v) is 21.6. The summed E-state index contributed by atoms with van der Waals surface area (Å²) in [7, 11) is 3.87. The molecule has 1 N–H and O–H groups in total. The molecule has 2 aromatic rings. The quantitative estimate of drug-likeness (QED) is 0.298. The fraction of sp³-hybridized carbons (Fsp3) is 0.727. The Morgan fingerprint density at radius 1 is 1.03 bits per heavy atom. The summed E-state index contributed by atoms with van der Waals surface area (Å²) in [6, 6.07) is 5.07. The van der Waals surface area contributed by atoms with Crippen molar-refractivity contribution in [3.63, 3.8) is 0 Å². The number of nitrogens with zero attached hydrogens (tertiary/aromatic N) is 6. The number of fused-ring (bicyclic) bond motifs is 5. The SMILES string of the molecule is CC[C@@H]1OC(=O)[C@H](C)[C@H]2OCC(=NOCc3ccc4nccnc4c3)CO[C@](C)(C[C@@H](C)C3=NCCN4C(=O)O[C@@]1(C)[C@H]4[C@H]3C)[C@@H](O[C@H]1O[C@@H](C)C[C@@H](N(C)C)[C@@H]1O)[C@@H]2C. The van der Waals surface area contributed by atoms with Crippen molar-refractivity contribution in [2.45, 2.75) is 141 Å². The van der Waals surface area contributed by atoms with Gasteiger partial charge in [0, 0.05) is 42.5 Å². The number of esters is 1. The van der Waals surface area contributed by atoms with Crippen LogP contribution in [0.5, 0.6) is 0 Å². The van der Waals surface area contributed by atoms with Crippen LogP contribution in [0.2, 0.25) is 0 Å². The van der Waals surface area contributed by atoms with Gasteiger partial charge in [0.2, 0.25) is 0 Å². The second-order valence-corrected chi connectivity index (χ2v) is 18.2. The maximum atomic E-state index is 14.5. The van der Waals surface area contributed by atoms with Gasteiger partial charge >= 0.3 is 12.1 Å². The molecule has 0 aliphatic carbocycles. The first-order valence-electron chi connectivity index (χ1n) is 21.6. The van der Waals surface area contributed by atoms with Gasteiger partial charge in [-0.2, -0.15) is 0 Å². The predicted molar refractivity (Wildman–Crippen MR) is 222 cm³/mol. The van der Waals surface area contributed by atoms with E-state index in [9.17, 15) is 14.7 Å². The van der Waals surface area contributed by atoms with Gasteiger partial charge in [-0.25, -0.2) is 4.79 Å². The first kappa shape index (κ1) is 44.3. The zero-order valence-corrected chi connectivity index (χ0v) is 36.8. The zero-order chi connectivity index (χ0) is 43.1. The molecule has 16 heteroatoms. The molecule has 4 fully saturated rings. The number of amides is 1. The molecule has 4 bridgehead atoms. The summed E-state index contributed by atoms with van der Waals surface area (Å²) in [4.78, 5) is 51.7. The Balaban J connectivity index is 1.30. The minimum atomic E-state index is -1.14. The molecule has 16 nitrogen and oxygen atoms in total. The van der Waals surface area contributed by atoms with Crippen molar-refractivity contribution >= 4 is 34.5 Å². The number of aromatic nitrogens is 2. The largest absolute Gasteiger partial charge is 0.458 e. The van der Waals surface area contributed by atoms with E-state index in [4.69, 9.17) is 38.3 Å². The Hall–Kier alpha value is -3.80. The molecule has 0 saturated carbocycles. The number of benzene rings is 1. The maximum absolute atomic E-state index is 14.5. The first-order chi connectivity index (χ1) is 28.5. The van der Waals surface area contributed by atoms with Gasteiger partial charge in [-0.15, -0.1) is 0 Å². The van der Waals surface area contributed by atoms with Crippen molar-refractivity contribution in [3.05, 3.63) is 36.2 Å². The summed E-state index contributed by atoms with van der Waals surface area (Å²) < 4.78 is 39.9. The van der Waals surface area contributed by atoms with Crippen LogP contribution < -0.4 is 0 Å². The van der Waals surface area contributed by atoms with Crippen LogP contribution in [-0.2, 0) is 44.7 Å². The van der Waals surface area contributed by atoms with E-state index in [2.05, 4.69) is 29.0 Å². The van der Waals surface area contributed by atoms with Crippen molar-refractivity contribution in [1.29, 1.82) is 0 Å². The van der Waals surface area contributed by atoms with Gasteiger partial charge in [-0.3, -0.25) is 24.7 Å². The Morgan fingerprint density at radius 2 is 1.78 bits per heavy atom. The number of hydrogen-bond acceptors (Lipinski definition) is 15. The summed E-state index contributed by atoms with van der Waals surface area (Å²) in [6.45, 7) is 16.7. The van der Waals surface area contributed by atoms with Crippen LogP contribution in [-0.4, -0.2) is 149 Å². The number of rotatable bonds is 7. The number of carbonyl (C=O) groups excluding carboxylic acids is 2. The maximum Gasteiger partial charge on any atom is 0.410 e. The van der Waals surface area contributed by atoms with Crippen LogP contribution in [0, 0.1) is 23.7 Å². The third-order valence-corrected chi connectivity index (χ3v) is 13.5. The van der Waals surface area contributed by atoms with Gasteiger partial charge in [0.15, 0.2) is 11.9 Å². The van der Waals surface area contributed by atoms with Crippen molar-refractivity contribution in [3.8, 4) is 0 Å². The summed E-state index contributed by atoms with van der Waals surface area (Å²) in [5.41, 5.74) is 1.54. The molecule has 60 heavy (non-hydrogen) atoms. The van der Waals surface area contributed by atoms with Gasteiger partial charge in [-0.05, 0) is 84.7 Å². The molecule has 0 spiro atoms. The number of oxime groups is 1. The van der Waals surface area contributed by atoms with Crippen LogP contribution in [0.4, 0.5) is 4.79 Å². The molecule has 6 heterocycles. The molecule has 1 aromatic carbocycles. The molecule has 5 aliphatic rings. The highest BCUT2D eigenvalue weighted by Crippen LogP contribution is 2.45. The molecular formula is C44H64N6O10. The van der Waals surface area contributed by atoms with Crippen molar-refractivity contribution in [2.75, 3.05) is 40.4 Å². The number of aliphatic imine (C=N–C) groups is 1. The van der Waals surface area contributed by atoms with E-state index in [1.807, 2.05) is 71.8 Å². The third-order valence-electron chi connectivity index (χ3n) is 13.5. The van der Waals surface area contributed by atoms with E-state index in [-0.39, 0.29) is 43.8 Å². The van der Waals surface area contributed by atoms with Crippen LogP contribution in [0.3, 0.4) is 0 Å². The van der Waals surface area contributed by atoms with Gasteiger partial charge in [-0.1, -0.05) is 38.9 Å². The smallest absolute Gasteiger partial charge is 0.410 e. The summed E-state index contributed by atoms with van der Waals surface area (Å²) in [5.74, 6) is -2.27. The average molecular weight is 837 g/mol. The normalized spacial score (nSPS) is 39.9. The highest BCUT2D eigenvalue weighted by atomic mass is 16.7. The Labute approximate surface area is 353 Å². The van der Waals surface area contributed by atoms with Crippen LogP contribution in [0.1, 0.15) is 80.2 Å². The summed E-state index contributed by atoms with van der Waals surface area (Å²) in [6.07, 6.45) is -0.170. The standard InChI is InChI=1S/C44H64N6O10/c1-11-34-44(8)38-26(4)35(47-16-17-50(38)42(53)60-44)24(2)20-43(7)39(59-41-36(51)33(49(9)10)18-25(3)57-41)27(5)37(28(6)40(52)58-34)54-22-30(23-55-43)48-56-21-29-12-13-31-32(19-29)46-15-14-45-31/h12-15,19,24-28,33-34,36-39,41,51H,11,16-18,20-23H2,1-10H3/t24-,25+,26+,27-,28-,33-,34+,36+,37+,38-,39+,41-,43-,44-/m1/s1. The van der Waals surface area contributed by atoms with Crippen molar-refractivity contribution in [2.24, 2.45) is 33.8 Å². The average Bonchev–Trinajstić information content (AvgIpc) is 3.36. The highest BCUT2D eigenvalue weighted by Gasteiger charge is 2.60. The second kappa shape index (κ2) is 17.9. The van der Waals surface area contributed by atoms with E-state index in [0.29, 0.717) is 38.1 Å². The summed E-state index contributed by atoms with van der Waals surface area (Å²) >= 11 is 0. The molecule has 7 rings (SSSR count). The number of likely N-dealkylation sites (N-methyl/N-ethyl adjacent to an activating group) is 1. The van der Waals surface area contributed by atoms with Crippen LogP contribution in [0.25, 0.3) is 11.0 Å². The molecule has 14 atom stereocenters. The lowest BCUT2D eigenvalue weighted by atomic mass is 9.72. The molecule has 1 amide bonds. The lowest BCUT2D eigenvalue weighted by molar-refractivity contribution is -0.302. The van der Waals surface area contributed by atoms with Gasteiger partial charge in [0.1, 0.15) is 24.5 Å². The molecule has 4 saturated heterocycles. The zero-order valence-electron chi connectivity index (χ0n) is 36.8. The second-order valence-electron chi connectivity index (χ2n) is 18.2. The van der Waals surface area contributed by atoms with E-state index in [1.165, 1.54) is 0 Å². The number of hydrogen-bond donors (Lipinski definition) is 1. The lowest BCUT2D eigenvalue weighted by Gasteiger charge is -2.48. The lowest BCUT2D eigenvalue weighted by Crippen LogP contribution is -2.60. The fourth-order valence-corrected chi connectivity index (χ4v) is 10.5. The fourth-order valence-electron chi connectivity index (χ4n) is 10.5. The Bertz CT molecular complexity index is 1930. The molecule has 1 aromatic heterocycles. The minimum Gasteiger partial charge on any atom is -0.458 e. The predicted octanol–water partition coefficient (Wildman–Crippen LogP) is 4.79. The minimum absolute atomic E-state index is 0.0101. The highest BCUT2D eigenvalue weighted by molar-refractivity contribution is 5.91. The molecule has 0 radical (unpaired) electrons. The molecule has 0 unspecified atom stereocenters. The van der Waals surface area contributed by atoms with Crippen molar-refractivity contribution in [1.82, 2.24) is 19.8 Å². The number of carbonyl (C=O) groups is 2. The molecular weight excluding hydrogens is 773 g/mol.